The van der Waals surface area contributed by atoms with Crippen LogP contribution in [-0.4, -0.2) is 5.71 Å². The van der Waals surface area contributed by atoms with Crippen molar-refractivity contribution in [3.63, 3.8) is 0 Å². The molecule has 1 aliphatic carbocycles. The van der Waals surface area contributed by atoms with Crippen LogP contribution in [0.25, 0.3) is 0 Å². The first kappa shape index (κ1) is 8.34. The molecular formula is C5H12N3PS. The summed E-state index contributed by atoms with van der Waals surface area (Å²) >= 11 is 4.80. The maximum absolute atomic E-state index is 5.43. The molecule has 0 aromatic heterocycles. The highest BCUT2D eigenvalue weighted by atomic mass is 32.4. The lowest BCUT2D eigenvalue weighted by molar-refractivity contribution is 0.886. The highest BCUT2D eigenvalue weighted by Gasteiger charge is 2.10. The maximum Gasteiger partial charge on any atom is 0.177 e. The lowest BCUT2D eigenvalue weighted by Crippen LogP contribution is -2.03. The Balaban J connectivity index is 2.62. The Morgan fingerprint density at radius 1 is 1.30 bits per heavy atom. The van der Waals surface area contributed by atoms with E-state index < -0.39 is 6.49 Å². The molecule has 0 amide bonds. The predicted molar refractivity (Wildman–Crippen MR) is 48.6 cm³/mol. The highest BCUT2D eigenvalue weighted by Crippen LogP contribution is 2.30. The molecule has 0 bridgehead atoms. The van der Waals surface area contributed by atoms with Gasteiger partial charge >= 0.3 is 0 Å². The first-order chi connectivity index (χ1) is 4.58. The van der Waals surface area contributed by atoms with Crippen molar-refractivity contribution < 1.29 is 0 Å². The first-order valence-corrected chi connectivity index (χ1v) is 6.22. The highest BCUT2D eigenvalue weighted by molar-refractivity contribution is 8.11. The predicted octanol–water partition coefficient (Wildman–Crippen LogP) is 1.14. The van der Waals surface area contributed by atoms with Crippen molar-refractivity contribution in [3.05, 3.63) is 0 Å². The molecule has 1 aliphatic rings. The van der Waals surface area contributed by atoms with E-state index in [0.29, 0.717) is 0 Å². The molecule has 1 fully saturated rings. The fourth-order valence-corrected chi connectivity index (χ4v) is 2.09. The Kier molecular flexibility index (Phi) is 2.58. The fourth-order valence-electron chi connectivity index (χ4n) is 1.10. The second-order valence-electron chi connectivity index (χ2n) is 2.55. The van der Waals surface area contributed by atoms with Crippen molar-refractivity contribution in [1.29, 1.82) is 0 Å². The minimum absolute atomic E-state index is 1.05. The van der Waals surface area contributed by atoms with Gasteiger partial charge in [0, 0.05) is 5.71 Å². The molecule has 0 spiro atoms. The summed E-state index contributed by atoms with van der Waals surface area (Å²) in [6.45, 7) is -2.29. The van der Waals surface area contributed by atoms with Crippen LogP contribution in [0.2, 0.25) is 0 Å². The third-order valence-electron chi connectivity index (χ3n) is 1.48. The number of hydrogen-bond donors (Lipinski definition) is 2. The zero-order valence-corrected chi connectivity index (χ0v) is 7.50. The third-order valence-corrected chi connectivity index (χ3v) is 2.32. The van der Waals surface area contributed by atoms with Crippen molar-refractivity contribution in [1.82, 2.24) is 0 Å². The molecule has 58 valence electrons. The summed E-state index contributed by atoms with van der Waals surface area (Å²) in [6.07, 6.45) is 4.53. The molecule has 10 heavy (non-hydrogen) atoms. The molecular weight excluding hydrogens is 165 g/mol. The van der Waals surface area contributed by atoms with Gasteiger partial charge in [0.05, 0.1) is 0 Å². The zero-order chi connectivity index (χ0) is 7.61. The van der Waals surface area contributed by atoms with Crippen LogP contribution >= 0.6 is 6.49 Å². The number of nitrogens with two attached hydrogens (primary N) is 2. The summed E-state index contributed by atoms with van der Waals surface area (Å²) in [4.78, 5) is 0. The summed E-state index contributed by atoms with van der Waals surface area (Å²) in [7, 11) is 0. The fraction of sp³-hybridized carbons (Fsp3) is 0.800. The molecule has 0 saturated heterocycles. The molecule has 4 N–H and O–H groups in total. The molecule has 0 unspecified atom stereocenters. The average molecular weight is 177 g/mol. The Hall–Kier alpha value is 0.240. The summed E-state index contributed by atoms with van der Waals surface area (Å²) in [5.74, 6) is 0. The van der Waals surface area contributed by atoms with Crippen LogP contribution in [0, 0.1) is 0 Å². The molecule has 1 rings (SSSR count). The van der Waals surface area contributed by atoms with Crippen LogP contribution in [0.1, 0.15) is 25.7 Å². The van der Waals surface area contributed by atoms with Gasteiger partial charge < -0.3 is 0 Å². The summed E-state index contributed by atoms with van der Waals surface area (Å²) < 4.78 is 4.11. The second-order valence-corrected chi connectivity index (χ2v) is 5.85. The van der Waals surface area contributed by atoms with E-state index in [1.807, 2.05) is 0 Å². The van der Waals surface area contributed by atoms with Gasteiger partial charge in [0.1, 0.15) is 0 Å². The van der Waals surface area contributed by atoms with E-state index >= 15 is 0 Å². The minimum atomic E-state index is -2.29. The smallest absolute Gasteiger partial charge is 0.177 e. The van der Waals surface area contributed by atoms with Gasteiger partial charge in [0.25, 0.3) is 0 Å². The van der Waals surface area contributed by atoms with E-state index in [0.717, 1.165) is 18.6 Å². The Morgan fingerprint density at radius 2 is 1.80 bits per heavy atom. The van der Waals surface area contributed by atoms with E-state index in [4.69, 9.17) is 22.8 Å². The number of hydrogen-bond acceptors (Lipinski definition) is 1. The van der Waals surface area contributed by atoms with E-state index in [1.165, 1.54) is 12.8 Å². The van der Waals surface area contributed by atoms with Gasteiger partial charge in [-0.15, -0.1) is 0 Å². The summed E-state index contributed by atoms with van der Waals surface area (Å²) in [5.41, 5.74) is 12.0. The van der Waals surface area contributed by atoms with Crippen LogP contribution in [0.15, 0.2) is 4.76 Å². The van der Waals surface area contributed by atoms with Gasteiger partial charge in [-0.3, -0.25) is 11.0 Å². The molecule has 0 radical (unpaired) electrons. The SMILES string of the molecule is NP(N)(=S)N=C1CCCC1. The van der Waals surface area contributed by atoms with E-state index in [9.17, 15) is 0 Å². The van der Waals surface area contributed by atoms with Crippen molar-refractivity contribution in [2.24, 2.45) is 15.8 Å². The topological polar surface area (TPSA) is 64.4 Å². The lowest BCUT2D eigenvalue weighted by Gasteiger charge is -2.03. The second kappa shape index (κ2) is 3.09. The van der Waals surface area contributed by atoms with Gasteiger partial charge in [-0.05, 0) is 37.5 Å². The molecule has 0 aliphatic heterocycles. The van der Waals surface area contributed by atoms with Crippen LogP contribution in [0.4, 0.5) is 0 Å². The number of nitrogens with zero attached hydrogens (tertiary/aromatic N) is 1. The summed E-state index contributed by atoms with van der Waals surface area (Å²) in [6, 6.07) is 0. The minimum Gasteiger partial charge on any atom is -0.274 e. The van der Waals surface area contributed by atoms with Crippen LogP contribution in [-0.2, 0) is 11.8 Å². The average Bonchev–Trinajstić information content (AvgIpc) is 2.12. The number of rotatable bonds is 1. The van der Waals surface area contributed by atoms with Gasteiger partial charge in [0.2, 0.25) is 0 Å². The van der Waals surface area contributed by atoms with Gasteiger partial charge in [-0.1, -0.05) is 0 Å². The molecule has 0 aromatic carbocycles. The van der Waals surface area contributed by atoms with Crippen LogP contribution in [0.3, 0.4) is 0 Å². The van der Waals surface area contributed by atoms with Crippen molar-refractivity contribution in [2.45, 2.75) is 25.7 Å². The van der Waals surface area contributed by atoms with E-state index in [1.54, 1.807) is 0 Å². The zero-order valence-electron chi connectivity index (χ0n) is 5.79. The largest absolute Gasteiger partial charge is 0.274 e. The summed E-state index contributed by atoms with van der Waals surface area (Å²) in [5, 5.41) is 0. The molecule has 5 heteroatoms. The molecule has 0 atom stereocenters. The van der Waals surface area contributed by atoms with Crippen LogP contribution < -0.4 is 11.0 Å². The Morgan fingerprint density at radius 3 is 2.20 bits per heavy atom. The third kappa shape index (κ3) is 2.88. The van der Waals surface area contributed by atoms with E-state index in [2.05, 4.69) is 4.76 Å². The quantitative estimate of drug-likeness (QED) is 0.590. The van der Waals surface area contributed by atoms with E-state index in [-0.39, 0.29) is 0 Å². The van der Waals surface area contributed by atoms with Crippen LogP contribution in [0.5, 0.6) is 0 Å². The monoisotopic (exact) mass is 177 g/mol. The molecule has 0 aromatic rings. The molecule has 1 saturated carbocycles. The van der Waals surface area contributed by atoms with Gasteiger partial charge in [0.15, 0.2) is 6.49 Å². The van der Waals surface area contributed by atoms with Gasteiger partial charge in [-0.2, -0.15) is 0 Å². The van der Waals surface area contributed by atoms with Gasteiger partial charge in [-0.25, -0.2) is 4.76 Å². The van der Waals surface area contributed by atoms with Crippen molar-refractivity contribution >= 4 is 24.0 Å². The Labute approximate surface area is 66.1 Å². The molecule has 0 heterocycles. The standard InChI is InChI=1S/C5H12N3PS/c6-9(7,10)8-5-3-1-2-4-5/h1-4H2,(H4,6,7,10). The first-order valence-electron chi connectivity index (χ1n) is 3.33. The normalized spacial score (nSPS) is 19.6. The van der Waals surface area contributed by atoms with Crippen molar-refractivity contribution in [2.75, 3.05) is 0 Å². The lowest BCUT2D eigenvalue weighted by atomic mass is 10.3. The Bertz CT molecular complexity index is 187. The molecule has 3 nitrogen and oxygen atoms in total. The van der Waals surface area contributed by atoms with Crippen molar-refractivity contribution in [3.8, 4) is 0 Å². The maximum atomic E-state index is 5.43.